The van der Waals surface area contributed by atoms with Gasteiger partial charge in [-0.25, -0.2) is 0 Å². The quantitative estimate of drug-likeness (QED) is 0.659. The summed E-state index contributed by atoms with van der Waals surface area (Å²) in [5.74, 6) is 0.803. The molecule has 0 aromatic carbocycles. The van der Waals surface area contributed by atoms with E-state index in [-0.39, 0.29) is 0 Å². The lowest BCUT2D eigenvalue weighted by molar-refractivity contribution is 0.581. The van der Waals surface area contributed by atoms with Gasteiger partial charge in [-0.15, -0.1) is 0 Å². The molecule has 0 spiro atoms. The van der Waals surface area contributed by atoms with Crippen LogP contribution in [0.15, 0.2) is 23.4 Å². The molecule has 0 atom stereocenters. The van der Waals surface area contributed by atoms with Crippen LogP contribution in [0.4, 0.5) is 0 Å². The molecule has 0 heterocycles. The van der Waals surface area contributed by atoms with E-state index in [9.17, 15) is 0 Å². The fourth-order valence-corrected chi connectivity index (χ4v) is 1.25. The monoisotopic (exact) mass is 151 g/mol. The van der Waals surface area contributed by atoms with E-state index in [4.69, 9.17) is 5.73 Å². The van der Waals surface area contributed by atoms with Gasteiger partial charge in [-0.05, 0) is 24.8 Å². The van der Waals surface area contributed by atoms with Crippen LogP contribution in [-0.4, -0.2) is 0 Å². The van der Waals surface area contributed by atoms with E-state index >= 15 is 0 Å². The molecule has 0 unspecified atom stereocenters. The van der Waals surface area contributed by atoms with Gasteiger partial charge in [0, 0.05) is 12.1 Å². The summed E-state index contributed by atoms with van der Waals surface area (Å²) in [5.41, 5.74) is 8.15. The van der Waals surface area contributed by atoms with E-state index in [1.54, 1.807) is 0 Å². The second kappa shape index (κ2) is 3.61. The summed E-state index contributed by atoms with van der Waals surface area (Å²) in [7, 11) is 0. The Morgan fingerprint density at radius 3 is 2.64 bits per heavy atom. The first-order valence-corrected chi connectivity index (χ1v) is 4.32. The van der Waals surface area contributed by atoms with Gasteiger partial charge in [-0.3, -0.25) is 0 Å². The Bertz CT molecular complexity index is 187. The summed E-state index contributed by atoms with van der Waals surface area (Å²) >= 11 is 0. The van der Waals surface area contributed by atoms with Gasteiger partial charge in [0.15, 0.2) is 0 Å². The summed E-state index contributed by atoms with van der Waals surface area (Å²) in [6.45, 7) is 4.51. The van der Waals surface area contributed by atoms with Crippen LogP contribution in [0.2, 0.25) is 0 Å². The fraction of sp³-hybridized carbons (Fsp3) is 0.600. The van der Waals surface area contributed by atoms with Crippen molar-refractivity contribution in [1.29, 1.82) is 0 Å². The van der Waals surface area contributed by atoms with Crippen LogP contribution in [0.3, 0.4) is 0 Å². The van der Waals surface area contributed by atoms with Crippen molar-refractivity contribution in [3.63, 3.8) is 0 Å². The van der Waals surface area contributed by atoms with Crippen LogP contribution in [0, 0.1) is 5.92 Å². The van der Waals surface area contributed by atoms with Gasteiger partial charge >= 0.3 is 0 Å². The van der Waals surface area contributed by atoms with Crippen LogP contribution in [0.25, 0.3) is 0 Å². The molecule has 1 nitrogen and oxygen atoms in total. The van der Waals surface area contributed by atoms with Crippen LogP contribution >= 0.6 is 0 Å². The Hall–Kier alpha value is -0.720. The van der Waals surface area contributed by atoms with Gasteiger partial charge in [-0.1, -0.05) is 25.5 Å². The SMILES string of the molecule is CC(C)CCC1=CC=C(N)C1. The summed E-state index contributed by atoms with van der Waals surface area (Å²) in [6, 6.07) is 0. The Morgan fingerprint density at radius 2 is 2.18 bits per heavy atom. The Labute approximate surface area is 69.0 Å². The maximum absolute atomic E-state index is 5.64. The van der Waals surface area contributed by atoms with Gasteiger partial charge < -0.3 is 5.73 Å². The van der Waals surface area contributed by atoms with Crippen molar-refractivity contribution in [3.05, 3.63) is 23.4 Å². The molecule has 0 bridgehead atoms. The third-order valence-corrected chi connectivity index (χ3v) is 2.01. The lowest BCUT2D eigenvalue weighted by atomic mass is 10.0. The highest BCUT2D eigenvalue weighted by atomic mass is 14.6. The summed E-state index contributed by atoms with van der Waals surface area (Å²) in [5, 5.41) is 0. The number of rotatable bonds is 3. The Morgan fingerprint density at radius 1 is 1.45 bits per heavy atom. The van der Waals surface area contributed by atoms with E-state index in [2.05, 4.69) is 19.9 Å². The van der Waals surface area contributed by atoms with Crippen LogP contribution in [0.5, 0.6) is 0 Å². The second-order valence-corrected chi connectivity index (χ2v) is 3.68. The molecule has 0 radical (unpaired) electrons. The second-order valence-electron chi connectivity index (χ2n) is 3.68. The first kappa shape index (κ1) is 8.38. The molecule has 0 aliphatic heterocycles. The van der Waals surface area contributed by atoms with Crippen molar-refractivity contribution in [2.45, 2.75) is 33.1 Å². The van der Waals surface area contributed by atoms with E-state index in [0.717, 1.165) is 18.0 Å². The van der Waals surface area contributed by atoms with Crippen LogP contribution in [-0.2, 0) is 0 Å². The highest BCUT2D eigenvalue weighted by Crippen LogP contribution is 2.21. The Balaban J connectivity index is 2.21. The fourth-order valence-electron chi connectivity index (χ4n) is 1.25. The zero-order chi connectivity index (χ0) is 8.27. The molecule has 1 aliphatic rings. The molecule has 1 aliphatic carbocycles. The van der Waals surface area contributed by atoms with Gasteiger partial charge in [0.1, 0.15) is 0 Å². The maximum Gasteiger partial charge on any atom is 0.0122 e. The molecule has 1 heteroatoms. The van der Waals surface area contributed by atoms with Crippen molar-refractivity contribution < 1.29 is 0 Å². The third-order valence-electron chi connectivity index (χ3n) is 2.01. The smallest absolute Gasteiger partial charge is 0.0122 e. The predicted octanol–water partition coefficient (Wildman–Crippen LogP) is 2.60. The average Bonchev–Trinajstić information content (AvgIpc) is 2.31. The number of hydrogen-bond acceptors (Lipinski definition) is 1. The molecular formula is C10H17N. The maximum atomic E-state index is 5.64. The largest absolute Gasteiger partial charge is 0.402 e. The highest BCUT2D eigenvalue weighted by Gasteiger charge is 2.05. The molecular weight excluding hydrogens is 134 g/mol. The zero-order valence-electron chi connectivity index (χ0n) is 7.43. The molecule has 1 rings (SSSR count). The minimum Gasteiger partial charge on any atom is -0.402 e. The van der Waals surface area contributed by atoms with Crippen molar-refractivity contribution in [2.24, 2.45) is 11.7 Å². The predicted molar refractivity (Wildman–Crippen MR) is 49.0 cm³/mol. The lowest BCUT2D eigenvalue weighted by Crippen LogP contribution is -1.95. The topological polar surface area (TPSA) is 26.0 Å². The normalized spacial score (nSPS) is 17.0. The number of nitrogens with two attached hydrogens (primary N) is 1. The standard InChI is InChI=1S/C10H17N/c1-8(2)3-4-9-5-6-10(11)7-9/h5-6,8H,3-4,7,11H2,1-2H3. The van der Waals surface area contributed by atoms with Crippen molar-refractivity contribution in [2.75, 3.05) is 0 Å². The molecule has 11 heavy (non-hydrogen) atoms. The molecule has 0 aromatic rings. The number of allylic oxidation sites excluding steroid dienone is 3. The van der Waals surface area contributed by atoms with E-state index in [0.29, 0.717) is 0 Å². The van der Waals surface area contributed by atoms with Gasteiger partial charge in [0.05, 0.1) is 0 Å². The zero-order valence-corrected chi connectivity index (χ0v) is 7.43. The van der Waals surface area contributed by atoms with Gasteiger partial charge in [0.2, 0.25) is 0 Å². The molecule has 0 saturated heterocycles. The van der Waals surface area contributed by atoms with E-state index < -0.39 is 0 Å². The summed E-state index contributed by atoms with van der Waals surface area (Å²) < 4.78 is 0. The van der Waals surface area contributed by atoms with Crippen LogP contribution < -0.4 is 5.73 Å². The van der Waals surface area contributed by atoms with Crippen molar-refractivity contribution in [1.82, 2.24) is 0 Å². The van der Waals surface area contributed by atoms with Crippen molar-refractivity contribution in [3.8, 4) is 0 Å². The molecule has 0 aromatic heterocycles. The van der Waals surface area contributed by atoms with Crippen LogP contribution in [0.1, 0.15) is 33.1 Å². The minimum absolute atomic E-state index is 0.803. The summed E-state index contributed by atoms with van der Waals surface area (Å²) in [6.07, 6.45) is 7.70. The Kier molecular flexibility index (Phi) is 2.75. The third kappa shape index (κ3) is 2.79. The lowest BCUT2D eigenvalue weighted by Gasteiger charge is -2.04. The van der Waals surface area contributed by atoms with Crippen molar-refractivity contribution >= 4 is 0 Å². The minimum atomic E-state index is 0.803. The molecule has 0 amide bonds. The average molecular weight is 151 g/mol. The first-order chi connectivity index (χ1) is 5.18. The molecule has 0 saturated carbocycles. The summed E-state index contributed by atoms with van der Waals surface area (Å²) in [4.78, 5) is 0. The van der Waals surface area contributed by atoms with E-state index in [1.807, 2.05) is 6.08 Å². The molecule has 62 valence electrons. The molecule has 0 fully saturated rings. The number of hydrogen-bond donors (Lipinski definition) is 1. The first-order valence-electron chi connectivity index (χ1n) is 4.32. The van der Waals surface area contributed by atoms with Gasteiger partial charge in [0.25, 0.3) is 0 Å². The highest BCUT2D eigenvalue weighted by molar-refractivity contribution is 5.28. The molecule has 2 N–H and O–H groups in total. The van der Waals surface area contributed by atoms with E-state index in [1.165, 1.54) is 18.4 Å². The van der Waals surface area contributed by atoms with Gasteiger partial charge in [-0.2, -0.15) is 0 Å².